The van der Waals surface area contributed by atoms with Crippen LogP contribution in [0.1, 0.15) is 81.1 Å². The molecule has 0 saturated heterocycles. The van der Waals surface area contributed by atoms with Crippen molar-refractivity contribution in [1.29, 1.82) is 0 Å². The van der Waals surface area contributed by atoms with Gasteiger partial charge in [-0.25, -0.2) is 14.6 Å². The molecule has 222 valence electrons. The van der Waals surface area contributed by atoms with Crippen LogP contribution in [-0.4, -0.2) is 96.2 Å². The predicted molar refractivity (Wildman–Crippen MR) is 149 cm³/mol. The molecule has 0 bridgehead atoms. The SMILES string of the molecule is CO[Si](CCCOCC(C)N(CC1(C)CC(N=C=O)CC(C)(C)C1)C(=O)ON(C(C)C)C(C)C)(OC)OC. The lowest BCUT2D eigenvalue weighted by molar-refractivity contribution is -0.160. The number of ether oxygens (including phenoxy) is 1. The third-order valence-corrected chi connectivity index (χ3v) is 10.1. The zero-order valence-corrected chi connectivity index (χ0v) is 26.7. The van der Waals surface area contributed by atoms with Crippen molar-refractivity contribution in [2.45, 2.75) is 111 Å². The second-order valence-corrected chi connectivity index (χ2v) is 15.4. The number of hydroxylamine groups is 2. The maximum atomic E-state index is 13.6. The standard InChI is InChI=1S/C27H53N3O7Si/c1-21(2)30(22(3)4)37-25(32)29(19-27(8)16-24(28-20-31)15-26(6,7)18-27)23(5)17-36-13-12-14-38(33-9,34-10)35-11/h21-24H,12-19H2,1-11H3. The van der Waals surface area contributed by atoms with E-state index in [0.717, 1.165) is 12.8 Å². The van der Waals surface area contributed by atoms with Gasteiger partial charge in [0.1, 0.15) is 0 Å². The number of carbonyl (C=O) groups excluding carboxylic acids is 2. The Morgan fingerprint density at radius 2 is 1.61 bits per heavy atom. The normalized spacial score (nSPS) is 22.4. The summed E-state index contributed by atoms with van der Waals surface area (Å²) in [4.78, 5) is 36.4. The van der Waals surface area contributed by atoms with Gasteiger partial charge in [0.2, 0.25) is 6.08 Å². The molecular weight excluding hydrogens is 506 g/mol. The van der Waals surface area contributed by atoms with Gasteiger partial charge >= 0.3 is 14.9 Å². The fourth-order valence-corrected chi connectivity index (χ4v) is 7.61. The molecule has 11 heteroatoms. The third kappa shape index (κ3) is 10.7. The zero-order chi connectivity index (χ0) is 29.1. The van der Waals surface area contributed by atoms with Gasteiger partial charge in [-0.2, -0.15) is 0 Å². The Morgan fingerprint density at radius 3 is 2.11 bits per heavy atom. The van der Waals surface area contributed by atoms with E-state index in [1.54, 1.807) is 37.4 Å². The number of aliphatic imine (C=N–C) groups is 1. The highest BCUT2D eigenvalue weighted by Crippen LogP contribution is 2.47. The average molecular weight is 560 g/mol. The van der Waals surface area contributed by atoms with Crippen LogP contribution in [0, 0.1) is 10.8 Å². The van der Waals surface area contributed by atoms with E-state index >= 15 is 0 Å². The first-order valence-corrected chi connectivity index (χ1v) is 15.7. The monoisotopic (exact) mass is 559 g/mol. The van der Waals surface area contributed by atoms with Crippen molar-refractivity contribution in [2.24, 2.45) is 15.8 Å². The molecule has 38 heavy (non-hydrogen) atoms. The summed E-state index contributed by atoms with van der Waals surface area (Å²) in [7, 11) is 2.15. The van der Waals surface area contributed by atoms with Crippen LogP contribution in [0.25, 0.3) is 0 Å². The number of nitrogens with zero attached hydrogens (tertiary/aromatic N) is 3. The maximum Gasteiger partial charge on any atom is 0.500 e. The lowest BCUT2D eigenvalue weighted by Crippen LogP contribution is -2.52. The molecule has 10 nitrogen and oxygen atoms in total. The second-order valence-electron chi connectivity index (χ2n) is 12.3. The van der Waals surface area contributed by atoms with Crippen LogP contribution in [0.15, 0.2) is 4.99 Å². The van der Waals surface area contributed by atoms with Gasteiger partial charge in [-0.05, 0) is 71.1 Å². The molecule has 1 saturated carbocycles. The maximum absolute atomic E-state index is 13.6. The molecule has 1 rings (SSSR count). The molecule has 0 aromatic rings. The van der Waals surface area contributed by atoms with Crippen LogP contribution in [0.2, 0.25) is 6.04 Å². The van der Waals surface area contributed by atoms with Gasteiger partial charge in [0, 0.05) is 52.6 Å². The van der Waals surface area contributed by atoms with Crippen molar-refractivity contribution < 1.29 is 32.4 Å². The molecule has 0 heterocycles. The molecule has 1 fully saturated rings. The summed E-state index contributed by atoms with van der Waals surface area (Å²) < 4.78 is 22.4. The Balaban J connectivity index is 3.02. The van der Waals surface area contributed by atoms with E-state index in [4.69, 9.17) is 22.9 Å². The quantitative estimate of drug-likeness (QED) is 0.0851. The number of amides is 1. The van der Waals surface area contributed by atoms with E-state index in [9.17, 15) is 9.59 Å². The van der Waals surface area contributed by atoms with E-state index in [1.165, 1.54) is 0 Å². The molecule has 0 N–H and O–H groups in total. The van der Waals surface area contributed by atoms with Crippen LogP contribution in [0.5, 0.6) is 0 Å². The van der Waals surface area contributed by atoms with Gasteiger partial charge in [-0.15, -0.1) is 5.06 Å². The second kappa shape index (κ2) is 15.5. The van der Waals surface area contributed by atoms with Crippen molar-refractivity contribution in [3.8, 4) is 0 Å². The Hall–Kier alpha value is -1.33. The van der Waals surface area contributed by atoms with Crippen LogP contribution >= 0.6 is 0 Å². The minimum Gasteiger partial charge on any atom is -0.379 e. The molecule has 3 atom stereocenters. The smallest absolute Gasteiger partial charge is 0.379 e. The lowest BCUT2D eigenvalue weighted by Gasteiger charge is -2.48. The molecule has 0 radical (unpaired) electrons. The molecular formula is C27H53N3O7Si. The Morgan fingerprint density at radius 1 is 1.03 bits per heavy atom. The molecule has 0 aromatic heterocycles. The lowest BCUT2D eigenvalue weighted by atomic mass is 9.62. The molecule has 3 unspecified atom stereocenters. The van der Waals surface area contributed by atoms with Crippen molar-refractivity contribution in [1.82, 2.24) is 9.96 Å². The molecule has 1 aliphatic rings. The topological polar surface area (TPSA) is 99.1 Å². The van der Waals surface area contributed by atoms with Crippen LogP contribution in [0.3, 0.4) is 0 Å². The zero-order valence-electron chi connectivity index (χ0n) is 25.7. The fourth-order valence-electron chi connectivity index (χ4n) is 5.92. The largest absolute Gasteiger partial charge is 0.500 e. The first-order chi connectivity index (χ1) is 17.7. The van der Waals surface area contributed by atoms with Crippen molar-refractivity contribution in [3.63, 3.8) is 0 Å². The summed E-state index contributed by atoms with van der Waals surface area (Å²) in [6.07, 6.45) is 4.49. The Labute approximate surface area is 231 Å². The van der Waals surface area contributed by atoms with E-state index in [1.807, 2.05) is 34.6 Å². The summed E-state index contributed by atoms with van der Waals surface area (Å²) >= 11 is 0. The van der Waals surface area contributed by atoms with E-state index in [0.29, 0.717) is 38.6 Å². The van der Waals surface area contributed by atoms with Crippen molar-refractivity contribution >= 4 is 21.0 Å². The van der Waals surface area contributed by atoms with Gasteiger partial charge in [0.15, 0.2) is 0 Å². The molecule has 0 spiro atoms. The highest BCUT2D eigenvalue weighted by molar-refractivity contribution is 6.60. The molecule has 1 aliphatic carbocycles. The van der Waals surface area contributed by atoms with Crippen molar-refractivity contribution in [2.75, 3.05) is 41.1 Å². The highest BCUT2D eigenvalue weighted by atomic mass is 28.4. The Kier molecular flexibility index (Phi) is 14.1. The summed E-state index contributed by atoms with van der Waals surface area (Å²) in [6, 6.07) is 0.373. The first kappa shape index (κ1) is 34.7. The highest BCUT2D eigenvalue weighted by Gasteiger charge is 2.44. The van der Waals surface area contributed by atoms with Gasteiger partial charge in [-0.3, -0.25) is 0 Å². The number of isocyanates is 1. The summed E-state index contributed by atoms with van der Waals surface area (Å²) in [5.74, 6) is 0. The Bertz CT molecular complexity index is 756. The van der Waals surface area contributed by atoms with Gasteiger partial charge in [-0.1, -0.05) is 20.8 Å². The third-order valence-electron chi connectivity index (χ3n) is 7.24. The number of hydrogen-bond donors (Lipinski definition) is 0. The minimum absolute atomic E-state index is 0.0182. The number of hydrogen-bond acceptors (Lipinski definition) is 9. The van der Waals surface area contributed by atoms with Crippen molar-refractivity contribution in [3.05, 3.63) is 0 Å². The van der Waals surface area contributed by atoms with Gasteiger partial charge in [0.05, 0.1) is 18.7 Å². The molecule has 0 aliphatic heterocycles. The van der Waals surface area contributed by atoms with Gasteiger partial charge < -0.3 is 27.8 Å². The van der Waals surface area contributed by atoms with E-state index in [-0.39, 0.29) is 35.0 Å². The fraction of sp³-hybridized carbons (Fsp3) is 0.926. The van der Waals surface area contributed by atoms with Gasteiger partial charge in [0.25, 0.3) is 0 Å². The van der Waals surface area contributed by atoms with Crippen LogP contribution in [-0.2, 0) is 27.6 Å². The number of carbonyl (C=O) groups is 1. The average Bonchev–Trinajstić information content (AvgIpc) is 2.82. The summed E-state index contributed by atoms with van der Waals surface area (Å²) in [6.45, 7) is 17.8. The summed E-state index contributed by atoms with van der Waals surface area (Å²) in [5.41, 5.74) is -0.267. The first-order valence-electron chi connectivity index (χ1n) is 13.7. The summed E-state index contributed by atoms with van der Waals surface area (Å²) in [5, 5.41) is 1.72. The molecule has 0 aromatic carbocycles. The predicted octanol–water partition coefficient (Wildman–Crippen LogP) is 5.05. The van der Waals surface area contributed by atoms with Crippen LogP contribution in [0.4, 0.5) is 4.79 Å². The minimum atomic E-state index is -2.65. The number of rotatable bonds is 16. The van der Waals surface area contributed by atoms with Crippen LogP contribution < -0.4 is 0 Å². The van der Waals surface area contributed by atoms with E-state index in [2.05, 4.69) is 25.8 Å². The molecule has 1 amide bonds. The van der Waals surface area contributed by atoms with E-state index < -0.39 is 14.9 Å².